The number of carbonyl (C=O) groups excluding carboxylic acids is 1. The smallest absolute Gasteiger partial charge is 0.230 e. The topological polar surface area (TPSA) is 85.2 Å². The molecule has 0 atom stereocenters. The van der Waals surface area contributed by atoms with Gasteiger partial charge in [0.05, 0.1) is 23.5 Å². The van der Waals surface area contributed by atoms with Crippen LogP contribution >= 0.6 is 0 Å². The van der Waals surface area contributed by atoms with Gasteiger partial charge in [0.25, 0.3) is 0 Å². The van der Waals surface area contributed by atoms with Gasteiger partial charge in [0.2, 0.25) is 11.8 Å². The summed E-state index contributed by atoms with van der Waals surface area (Å²) in [5.41, 5.74) is 1.20. The Bertz CT molecular complexity index is 749. The van der Waals surface area contributed by atoms with Crippen LogP contribution in [0.5, 0.6) is 5.88 Å². The number of piperidine rings is 1. The van der Waals surface area contributed by atoms with Gasteiger partial charge in [0, 0.05) is 12.4 Å². The number of carbonyl (C=O) groups is 1. The maximum absolute atomic E-state index is 11.1. The molecule has 0 aromatic carbocycles. The monoisotopic (exact) mass is 342 g/mol. The molecule has 0 unspecified atom stereocenters. The third-order valence-corrected chi connectivity index (χ3v) is 4.63. The molecule has 1 aliphatic heterocycles. The van der Waals surface area contributed by atoms with Crippen molar-refractivity contribution in [1.29, 1.82) is 0 Å². The van der Waals surface area contributed by atoms with E-state index in [-0.39, 0.29) is 6.10 Å². The Morgan fingerprint density at radius 3 is 2.76 bits per heavy atom. The van der Waals surface area contributed by atoms with Gasteiger partial charge in [-0.1, -0.05) is 0 Å². The number of anilines is 2. The number of rotatable bonds is 6. The minimum absolute atomic E-state index is 0.175. The zero-order chi connectivity index (χ0) is 17.2. The van der Waals surface area contributed by atoms with Gasteiger partial charge in [-0.15, -0.1) is 0 Å². The second-order valence-electron chi connectivity index (χ2n) is 6.76. The molecule has 2 aromatic heterocycles. The molecule has 25 heavy (non-hydrogen) atoms. The van der Waals surface area contributed by atoms with E-state index in [9.17, 15) is 4.79 Å². The molecule has 0 bridgehead atoms. The van der Waals surface area contributed by atoms with Crippen LogP contribution in [0.4, 0.5) is 11.6 Å². The summed E-state index contributed by atoms with van der Waals surface area (Å²) in [6.07, 6.45) is 10.4. The Morgan fingerprint density at radius 1 is 1.24 bits per heavy atom. The highest BCUT2D eigenvalue weighted by Crippen LogP contribution is 2.28. The molecule has 1 aliphatic carbocycles. The van der Waals surface area contributed by atoms with E-state index in [1.54, 1.807) is 6.20 Å². The van der Waals surface area contributed by atoms with Crippen LogP contribution in [-0.4, -0.2) is 57.2 Å². The first kappa shape index (κ1) is 16.0. The van der Waals surface area contributed by atoms with Gasteiger partial charge in [-0.3, -0.25) is 9.48 Å². The molecule has 8 nitrogen and oxygen atoms in total. The van der Waals surface area contributed by atoms with Crippen molar-refractivity contribution in [3.8, 4) is 5.88 Å². The number of nitrogens with one attached hydrogen (secondary N) is 1. The molecule has 2 fully saturated rings. The minimum Gasteiger partial charge on any atom is -0.474 e. The molecule has 0 amide bonds. The fraction of sp³-hybridized carbons (Fsp3) is 0.529. The third kappa shape index (κ3) is 3.79. The molecule has 2 aliphatic rings. The summed E-state index contributed by atoms with van der Waals surface area (Å²) in [6.45, 7) is 2.18. The highest BCUT2D eigenvalue weighted by molar-refractivity contribution is 5.78. The molecular formula is C17H22N6O2. The summed E-state index contributed by atoms with van der Waals surface area (Å²) in [6, 6.07) is 0.430. The van der Waals surface area contributed by atoms with E-state index in [0.717, 1.165) is 50.7 Å². The lowest BCUT2D eigenvalue weighted by Gasteiger charge is -2.28. The van der Waals surface area contributed by atoms with E-state index < -0.39 is 0 Å². The SMILES string of the molecule is CN1CCC(n2cc(Nc3ncc(C=O)c(OC4CC4)n3)cn2)CC1. The van der Waals surface area contributed by atoms with Crippen molar-refractivity contribution in [3.63, 3.8) is 0 Å². The van der Waals surface area contributed by atoms with Crippen LogP contribution < -0.4 is 10.1 Å². The number of nitrogens with zero attached hydrogens (tertiary/aromatic N) is 5. The minimum atomic E-state index is 0.175. The van der Waals surface area contributed by atoms with E-state index in [4.69, 9.17) is 4.74 Å². The Hall–Kier alpha value is -2.48. The predicted octanol–water partition coefficient (Wildman–Crippen LogP) is 2.04. The molecule has 1 N–H and O–H groups in total. The molecule has 1 saturated heterocycles. The number of aromatic nitrogens is 4. The van der Waals surface area contributed by atoms with Gasteiger partial charge in [0.1, 0.15) is 6.10 Å². The van der Waals surface area contributed by atoms with Crippen molar-refractivity contribution in [3.05, 3.63) is 24.2 Å². The fourth-order valence-corrected chi connectivity index (χ4v) is 2.95. The first-order chi connectivity index (χ1) is 12.2. The molecule has 132 valence electrons. The Balaban J connectivity index is 1.46. The maximum atomic E-state index is 11.1. The maximum Gasteiger partial charge on any atom is 0.230 e. The molecule has 0 spiro atoms. The van der Waals surface area contributed by atoms with Crippen LogP contribution in [0.3, 0.4) is 0 Å². The van der Waals surface area contributed by atoms with Crippen LogP contribution in [-0.2, 0) is 0 Å². The highest BCUT2D eigenvalue weighted by Gasteiger charge is 2.25. The number of likely N-dealkylation sites (tertiary alicyclic amines) is 1. The van der Waals surface area contributed by atoms with E-state index in [2.05, 4.69) is 32.3 Å². The van der Waals surface area contributed by atoms with Crippen molar-refractivity contribution in [2.24, 2.45) is 0 Å². The van der Waals surface area contributed by atoms with E-state index in [1.807, 2.05) is 10.9 Å². The molecule has 1 saturated carbocycles. The average Bonchev–Trinajstić information content (AvgIpc) is 3.32. The lowest BCUT2D eigenvalue weighted by molar-refractivity contribution is 0.111. The lowest BCUT2D eigenvalue weighted by atomic mass is 10.1. The van der Waals surface area contributed by atoms with Gasteiger partial charge in [-0.25, -0.2) is 4.98 Å². The van der Waals surface area contributed by atoms with Crippen molar-refractivity contribution >= 4 is 17.9 Å². The molecule has 4 rings (SSSR count). The van der Waals surface area contributed by atoms with Crippen molar-refractivity contribution in [2.75, 3.05) is 25.5 Å². The second-order valence-corrected chi connectivity index (χ2v) is 6.76. The lowest BCUT2D eigenvalue weighted by Crippen LogP contribution is -2.31. The van der Waals surface area contributed by atoms with Gasteiger partial charge < -0.3 is 15.0 Å². The largest absolute Gasteiger partial charge is 0.474 e. The summed E-state index contributed by atoms with van der Waals surface area (Å²) in [5, 5.41) is 7.61. The summed E-state index contributed by atoms with van der Waals surface area (Å²) < 4.78 is 7.70. The van der Waals surface area contributed by atoms with E-state index in [1.165, 1.54) is 6.20 Å². The molecule has 0 radical (unpaired) electrons. The Kier molecular flexibility index (Phi) is 4.35. The van der Waals surface area contributed by atoms with E-state index in [0.29, 0.717) is 23.4 Å². The molecule has 3 heterocycles. The van der Waals surface area contributed by atoms with Gasteiger partial charge in [0.15, 0.2) is 6.29 Å². The van der Waals surface area contributed by atoms with Gasteiger partial charge >= 0.3 is 0 Å². The third-order valence-electron chi connectivity index (χ3n) is 4.63. The first-order valence-electron chi connectivity index (χ1n) is 8.70. The van der Waals surface area contributed by atoms with Crippen LogP contribution in [0.2, 0.25) is 0 Å². The van der Waals surface area contributed by atoms with Crippen LogP contribution in [0, 0.1) is 0 Å². The zero-order valence-corrected chi connectivity index (χ0v) is 14.3. The summed E-state index contributed by atoms with van der Waals surface area (Å²) in [4.78, 5) is 22.0. The molecular weight excluding hydrogens is 320 g/mol. The standard InChI is InChI=1S/C17H22N6O2/c1-22-6-4-14(5-7-22)23-10-13(9-19-23)20-17-18-8-12(11-24)16(21-17)25-15-2-3-15/h8-11,14-15H,2-7H2,1H3,(H,18,20,21). The zero-order valence-electron chi connectivity index (χ0n) is 14.3. The van der Waals surface area contributed by atoms with Crippen LogP contribution in [0.1, 0.15) is 42.1 Å². The van der Waals surface area contributed by atoms with Crippen LogP contribution in [0.15, 0.2) is 18.6 Å². The second kappa shape index (κ2) is 6.79. The average molecular weight is 342 g/mol. The summed E-state index contributed by atoms with van der Waals surface area (Å²) in [5.74, 6) is 0.752. The predicted molar refractivity (Wildman–Crippen MR) is 92.3 cm³/mol. The summed E-state index contributed by atoms with van der Waals surface area (Å²) >= 11 is 0. The Labute approximate surface area is 146 Å². The van der Waals surface area contributed by atoms with Gasteiger partial charge in [-0.2, -0.15) is 10.1 Å². The normalized spacial score (nSPS) is 18.9. The van der Waals surface area contributed by atoms with Crippen molar-refractivity contribution in [1.82, 2.24) is 24.6 Å². The van der Waals surface area contributed by atoms with Crippen molar-refractivity contribution < 1.29 is 9.53 Å². The van der Waals surface area contributed by atoms with Crippen LogP contribution in [0.25, 0.3) is 0 Å². The number of hydrogen-bond donors (Lipinski definition) is 1. The Morgan fingerprint density at radius 2 is 2.04 bits per heavy atom. The number of hydrogen-bond acceptors (Lipinski definition) is 7. The first-order valence-corrected chi connectivity index (χ1v) is 8.70. The van der Waals surface area contributed by atoms with Crippen molar-refractivity contribution in [2.45, 2.75) is 37.8 Å². The highest BCUT2D eigenvalue weighted by atomic mass is 16.5. The molecule has 2 aromatic rings. The molecule has 8 heteroatoms. The van der Waals surface area contributed by atoms with Gasteiger partial charge in [-0.05, 0) is 45.8 Å². The number of aldehydes is 1. The summed E-state index contributed by atoms with van der Waals surface area (Å²) in [7, 11) is 2.15. The quantitative estimate of drug-likeness (QED) is 0.804. The number of ether oxygens (including phenoxy) is 1. The fourth-order valence-electron chi connectivity index (χ4n) is 2.95. The van der Waals surface area contributed by atoms with E-state index >= 15 is 0 Å².